The van der Waals surface area contributed by atoms with Crippen LogP contribution in [0.3, 0.4) is 0 Å². The first-order chi connectivity index (χ1) is 14.8. The number of piperidine rings is 1. The Kier molecular flexibility index (Phi) is 6.04. The van der Waals surface area contributed by atoms with Crippen molar-refractivity contribution in [2.24, 2.45) is 11.8 Å². The van der Waals surface area contributed by atoms with E-state index in [1.807, 2.05) is 0 Å². The zero-order valence-electron chi connectivity index (χ0n) is 17.8. The highest BCUT2D eigenvalue weighted by Crippen LogP contribution is 2.41. The third kappa shape index (κ3) is 4.46. The molecule has 0 aliphatic carbocycles. The van der Waals surface area contributed by atoms with Crippen LogP contribution in [-0.2, 0) is 0 Å². The van der Waals surface area contributed by atoms with Crippen molar-refractivity contribution in [3.63, 3.8) is 0 Å². The van der Waals surface area contributed by atoms with E-state index in [9.17, 15) is 18.4 Å². The van der Waals surface area contributed by atoms with Crippen molar-refractivity contribution < 1.29 is 13.2 Å². The van der Waals surface area contributed by atoms with E-state index in [0.29, 0.717) is 41.4 Å². The molecule has 166 valence electrons. The van der Waals surface area contributed by atoms with Gasteiger partial charge in [-0.2, -0.15) is 18.4 Å². The van der Waals surface area contributed by atoms with Gasteiger partial charge in [0.15, 0.2) is 0 Å². The lowest BCUT2D eigenvalue weighted by Crippen LogP contribution is -2.45. The largest absolute Gasteiger partial charge is 0.393 e. The molecule has 1 aromatic heterocycles. The van der Waals surface area contributed by atoms with Gasteiger partial charge in [-0.05, 0) is 52.2 Å². The quantitative estimate of drug-likeness (QED) is 0.740. The summed E-state index contributed by atoms with van der Waals surface area (Å²) >= 11 is 0. The first-order valence-corrected chi connectivity index (χ1v) is 10.6. The first kappa shape index (κ1) is 21.8. The van der Waals surface area contributed by atoms with Crippen molar-refractivity contribution >= 4 is 16.7 Å². The lowest BCUT2D eigenvalue weighted by atomic mass is 9.93. The zero-order chi connectivity index (χ0) is 22.2. The standard InChI is InChI=1S/C22H27F3N6/c1-29(2)17-5-9-30(10-6-17)12-16-13-31(14-18(16)22(23,24)25)19-4-3-15(11-26)20-21(19)28-8-7-27-20/h3-4,7-8,16-18H,5-6,9-10,12-14H2,1-2H3/t16-,18-/m0/s1. The van der Waals surface area contributed by atoms with Crippen LogP contribution >= 0.6 is 0 Å². The van der Waals surface area contributed by atoms with E-state index in [4.69, 9.17) is 0 Å². The van der Waals surface area contributed by atoms with Crippen LogP contribution in [0.5, 0.6) is 0 Å². The number of alkyl halides is 3. The van der Waals surface area contributed by atoms with Gasteiger partial charge in [0.1, 0.15) is 17.1 Å². The zero-order valence-corrected chi connectivity index (χ0v) is 17.8. The predicted octanol–water partition coefficient (Wildman–Crippen LogP) is 3.14. The van der Waals surface area contributed by atoms with Crippen LogP contribution in [-0.4, -0.2) is 78.8 Å². The predicted molar refractivity (Wildman–Crippen MR) is 113 cm³/mol. The first-order valence-electron chi connectivity index (χ1n) is 10.6. The Labute approximate surface area is 180 Å². The van der Waals surface area contributed by atoms with Gasteiger partial charge in [0.2, 0.25) is 0 Å². The van der Waals surface area contributed by atoms with Gasteiger partial charge in [-0.25, -0.2) is 0 Å². The number of rotatable bonds is 4. The van der Waals surface area contributed by atoms with E-state index < -0.39 is 18.0 Å². The molecule has 0 spiro atoms. The molecule has 3 heterocycles. The molecule has 9 heteroatoms. The molecule has 2 aliphatic rings. The summed E-state index contributed by atoms with van der Waals surface area (Å²) < 4.78 is 41.8. The molecule has 0 amide bonds. The smallest absolute Gasteiger partial charge is 0.369 e. The molecule has 0 radical (unpaired) electrons. The summed E-state index contributed by atoms with van der Waals surface area (Å²) in [7, 11) is 4.11. The number of benzene rings is 1. The second-order valence-corrected chi connectivity index (χ2v) is 8.81. The van der Waals surface area contributed by atoms with Crippen LogP contribution in [0.25, 0.3) is 11.0 Å². The number of nitrogens with zero attached hydrogens (tertiary/aromatic N) is 6. The molecule has 1 aromatic carbocycles. The number of likely N-dealkylation sites (tertiary alicyclic amines) is 1. The Morgan fingerprint density at radius 3 is 2.39 bits per heavy atom. The topological polar surface area (TPSA) is 59.3 Å². The van der Waals surface area contributed by atoms with E-state index in [2.05, 4.69) is 39.9 Å². The van der Waals surface area contributed by atoms with Crippen LogP contribution < -0.4 is 4.90 Å². The molecule has 0 unspecified atom stereocenters. The Morgan fingerprint density at radius 2 is 1.77 bits per heavy atom. The van der Waals surface area contributed by atoms with Crippen molar-refractivity contribution in [3.8, 4) is 6.07 Å². The summed E-state index contributed by atoms with van der Waals surface area (Å²) in [5.41, 5.74) is 1.90. The molecule has 0 saturated carbocycles. The third-order valence-electron chi connectivity index (χ3n) is 6.71. The lowest BCUT2D eigenvalue weighted by Gasteiger charge is -2.37. The van der Waals surface area contributed by atoms with Crippen LogP contribution in [0.1, 0.15) is 18.4 Å². The molecule has 2 fully saturated rings. The van der Waals surface area contributed by atoms with Gasteiger partial charge in [0.05, 0.1) is 17.2 Å². The van der Waals surface area contributed by atoms with Gasteiger partial charge in [-0.1, -0.05) is 0 Å². The van der Waals surface area contributed by atoms with Crippen molar-refractivity contribution in [2.45, 2.75) is 25.1 Å². The summed E-state index contributed by atoms with van der Waals surface area (Å²) in [4.78, 5) is 14.7. The third-order valence-corrected chi connectivity index (χ3v) is 6.71. The minimum absolute atomic E-state index is 0.0973. The number of halogens is 3. The molecule has 4 rings (SSSR count). The maximum absolute atomic E-state index is 13.9. The number of nitriles is 1. The van der Waals surface area contributed by atoms with Crippen molar-refractivity contribution in [1.29, 1.82) is 5.26 Å². The van der Waals surface area contributed by atoms with Gasteiger partial charge >= 0.3 is 6.18 Å². The maximum atomic E-state index is 13.9. The Hall–Kier alpha value is -2.44. The van der Waals surface area contributed by atoms with Gasteiger partial charge < -0.3 is 14.7 Å². The number of fused-ring (bicyclic) bond motifs is 1. The molecule has 2 aromatic rings. The summed E-state index contributed by atoms with van der Waals surface area (Å²) in [5, 5.41) is 9.33. The molecule has 0 bridgehead atoms. The van der Waals surface area contributed by atoms with E-state index in [1.165, 1.54) is 12.4 Å². The molecule has 6 nitrogen and oxygen atoms in total. The molecular formula is C22H27F3N6. The van der Waals surface area contributed by atoms with Crippen LogP contribution in [0.4, 0.5) is 18.9 Å². The summed E-state index contributed by atoms with van der Waals surface area (Å²) in [6.45, 7) is 2.32. The molecule has 2 saturated heterocycles. The molecule has 2 aliphatic heterocycles. The van der Waals surface area contributed by atoms with Crippen molar-refractivity contribution in [1.82, 2.24) is 19.8 Å². The Morgan fingerprint density at radius 1 is 1.10 bits per heavy atom. The van der Waals surface area contributed by atoms with E-state index in [-0.39, 0.29) is 6.54 Å². The summed E-state index contributed by atoms with van der Waals surface area (Å²) in [6.07, 6.45) is 0.716. The van der Waals surface area contributed by atoms with Crippen molar-refractivity contribution in [2.75, 3.05) is 51.7 Å². The normalized spacial score (nSPS) is 23.6. The number of anilines is 1. The fourth-order valence-electron chi connectivity index (χ4n) is 4.96. The second kappa shape index (κ2) is 8.60. The minimum Gasteiger partial charge on any atom is -0.369 e. The monoisotopic (exact) mass is 432 g/mol. The van der Waals surface area contributed by atoms with Crippen LogP contribution in [0.15, 0.2) is 24.5 Å². The maximum Gasteiger partial charge on any atom is 0.393 e. The Bertz CT molecular complexity index is 962. The minimum atomic E-state index is -4.25. The molecule has 31 heavy (non-hydrogen) atoms. The number of hydrogen-bond acceptors (Lipinski definition) is 6. The summed E-state index contributed by atoms with van der Waals surface area (Å²) in [5.74, 6) is -1.89. The van der Waals surface area contributed by atoms with Crippen LogP contribution in [0.2, 0.25) is 0 Å². The molecular weight excluding hydrogens is 405 g/mol. The van der Waals surface area contributed by atoms with E-state index in [1.54, 1.807) is 17.0 Å². The average Bonchev–Trinajstić information content (AvgIpc) is 3.17. The lowest BCUT2D eigenvalue weighted by molar-refractivity contribution is -0.180. The highest BCUT2D eigenvalue weighted by Gasteiger charge is 2.50. The van der Waals surface area contributed by atoms with Gasteiger partial charge in [0.25, 0.3) is 0 Å². The number of aromatic nitrogens is 2. The fourth-order valence-corrected chi connectivity index (χ4v) is 4.96. The molecule has 2 atom stereocenters. The van der Waals surface area contributed by atoms with E-state index >= 15 is 0 Å². The number of hydrogen-bond donors (Lipinski definition) is 0. The van der Waals surface area contributed by atoms with Gasteiger partial charge in [-0.15, -0.1) is 0 Å². The highest BCUT2D eigenvalue weighted by atomic mass is 19.4. The van der Waals surface area contributed by atoms with Crippen molar-refractivity contribution in [3.05, 3.63) is 30.1 Å². The average molecular weight is 432 g/mol. The van der Waals surface area contributed by atoms with Gasteiger partial charge in [0, 0.05) is 44.0 Å². The van der Waals surface area contributed by atoms with Crippen LogP contribution in [0, 0.1) is 23.2 Å². The Balaban J connectivity index is 1.56. The molecule has 0 N–H and O–H groups in total. The SMILES string of the molecule is CN(C)C1CCN(C[C@H]2CN(c3ccc(C#N)c4nccnc34)C[C@@H]2C(F)(F)F)CC1. The van der Waals surface area contributed by atoms with E-state index in [0.717, 1.165) is 25.9 Å². The second-order valence-electron chi connectivity index (χ2n) is 8.81. The summed E-state index contributed by atoms with van der Waals surface area (Å²) in [6, 6.07) is 5.90. The van der Waals surface area contributed by atoms with Gasteiger partial charge in [-0.3, -0.25) is 9.97 Å². The fraction of sp³-hybridized carbons (Fsp3) is 0.591. The highest BCUT2D eigenvalue weighted by molar-refractivity contribution is 5.92.